The Morgan fingerprint density at radius 3 is 2.71 bits per heavy atom. The SMILES string of the molecule is CCCCN(C)c1ccc(CCl)cn1. The lowest BCUT2D eigenvalue weighted by molar-refractivity contribution is 0.759. The average molecular weight is 213 g/mol. The second-order valence-electron chi connectivity index (χ2n) is 3.43. The van der Waals surface area contributed by atoms with Gasteiger partial charge in [-0.25, -0.2) is 4.98 Å². The third kappa shape index (κ3) is 3.18. The van der Waals surface area contributed by atoms with Crippen molar-refractivity contribution in [3.05, 3.63) is 23.9 Å². The number of alkyl halides is 1. The molecule has 0 bridgehead atoms. The summed E-state index contributed by atoms with van der Waals surface area (Å²) in [6.07, 6.45) is 4.25. The van der Waals surface area contributed by atoms with Crippen molar-refractivity contribution in [2.24, 2.45) is 0 Å². The number of nitrogens with zero attached hydrogens (tertiary/aromatic N) is 2. The first-order valence-corrected chi connectivity index (χ1v) is 5.53. The molecular weight excluding hydrogens is 196 g/mol. The Kier molecular flexibility index (Phi) is 4.74. The fraction of sp³-hybridized carbons (Fsp3) is 0.545. The minimum absolute atomic E-state index is 0.534. The standard InChI is InChI=1S/C11H17ClN2/c1-3-4-7-14(2)11-6-5-10(8-12)9-13-11/h5-6,9H,3-4,7-8H2,1-2H3. The van der Waals surface area contributed by atoms with Gasteiger partial charge in [-0.15, -0.1) is 11.6 Å². The van der Waals surface area contributed by atoms with Crippen LogP contribution in [0.3, 0.4) is 0 Å². The van der Waals surface area contributed by atoms with E-state index in [0.29, 0.717) is 5.88 Å². The molecule has 0 atom stereocenters. The summed E-state index contributed by atoms with van der Waals surface area (Å²) in [6, 6.07) is 4.05. The molecule has 0 N–H and O–H groups in total. The molecule has 0 aliphatic carbocycles. The molecule has 1 aromatic heterocycles. The number of halogens is 1. The van der Waals surface area contributed by atoms with Gasteiger partial charge in [-0.1, -0.05) is 19.4 Å². The van der Waals surface area contributed by atoms with E-state index in [2.05, 4.69) is 23.9 Å². The van der Waals surface area contributed by atoms with Crippen molar-refractivity contribution in [1.29, 1.82) is 0 Å². The molecule has 0 saturated carbocycles. The predicted molar refractivity (Wildman–Crippen MR) is 62.0 cm³/mol. The van der Waals surface area contributed by atoms with Crippen LogP contribution in [0.2, 0.25) is 0 Å². The van der Waals surface area contributed by atoms with Gasteiger partial charge in [-0.2, -0.15) is 0 Å². The second kappa shape index (κ2) is 5.86. The lowest BCUT2D eigenvalue weighted by atomic mass is 10.3. The largest absolute Gasteiger partial charge is 0.360 e. The van der Waals surface area contributed by atoms with Gasteiger partial charge in [0.1, 0.15) is 5.82 Å². The van der Waals surface area contributed by atoms with E-state index in [4.69, 9.17) is 11.6 Å². The molecule has 2 nitrogen and oxygen atoms in total. The first kappa shape index (κ1) is 11.3. The molecule has 3 heteroatoms. The van der Waals surface area contributed by atoms with Crippen molar-refractivity contribution in [2.75, 3.05) is 18.5 Å². The fourth-order valence-electron chi connectivity index (χ4n) is 1.23. The Hall–Kier alpha value is -0.760. The molecule has 1 rings (SSSR count). The topological polar surface area (TPSA) is 16.1 Å². The quantitative estimate of drug-likeness (QED) is 0.698. The van der Waals surface area contributed by atoms with E-state index in [1.54, 1.807) is 0 Å². The first-order chi connectivity index (χ1) is 6.77. The number of anilines is 1. The van der Waals surface area contributed by atoms with Crippen LogP contribution in [0.1, 0.15) is 25.3 Å². The number of rotatable bonds is 5. The van der Waals surface area contributed by atoms with Gasteiger partial charge in [-0.3, -0.25) is 0 Å². The first-order valence-electron chi connectivity index (χ1n) is 5.00. The molecule has 0 unspecified atom stereocenters. The molecule has 0 aliphatic rings. The number of hydrogen-bond donors (Lipinski definition) is 0. The molecule has 14 heavy (non-hydrogen) atoms. The van der Waals surface area contributed by atoms with Crippen LogP contribution in [-0.2, 0) is 5.88 Å². The maximum Gasteiger partial charge on any atom is 0.128 e. The highest BCUT2D eigenvalue weighted by molar-refractivity contribution is 6.17. The molecule has 0 fully saturated rings. The van der Waals surface area contributed by atoms with Crippen molar-refractivity contribution in [3.63, 3.8) is 0 Å². The van der Waals surface area contributed by atoms with Crippen molar-refractivity contribution < 1.29 is 0 Å². The van der Waals surface area contributed by atoms with Crippen LogP contribution in [0.15, 0.2) is 18.3 Å². The normalized spacial score (nSPS) is 10.2. The van der Waals surface area contributed by atoms with Crippen molar-refractivity contribution in [1.82, 2.24) is 4.98 Å². The third-order valence-electron chi connectivity index (χ3n) is 2.20. The van der Waals surface area contributed by atoms with Gasteiger partial charge in [0.2, 0.25) is 0 Å². The Balaban J connectivity index is 2.57. The van der Waals surface area contributed by atoms with Crippen LogP contribution < -0.4 is 4.90 Å². The molecule has 0 aliphatic heterocycles. The number of aromatic nitrogens is 1. The van der Waals surface area contributed by atoms with E-state index >= 15 is 0 Å². The Morgan fingerprint density at radius 2 is 2.21 bits per heavy atom. The van der Waals surface area contributed by atoms with Gasteiger partial charge in [0, 0.05) is 25.7 Å². The predicted octanol–water partition coefficient (Wildman–Crippen LogP) is 3.06. The molecule has 0 spiro atoms. The zero-order valence-electron chi connectivity index (χ0n) is 8.83. The maximum absolute atomic E-state index is 5.69. The Labute approximate surface area is 90.9 Å². The number of unbranched alkanes of at least 4 members (excludes halogenated alkanes) is 1. The minimum atomic E-state index is 0.534. The maximum atomic E-state index is 5.69. The average Bonchev–Trinajstić information content (AvgIpc) is 2.26. The van der Waals surface area contributed by atoms with E-state index in [0.717, 1.165) is 17.9 Å². The Bertz CT molecular complexity index is 258. The van der Waals surface area contributed by atoms with Crippen LogP contribution in [0.25, 0.3) is 0 Å². The van der Waals surface area contributed by atoms with Gasteiger partial charge >= 0.3 is 0 Å². The van der Waals surface area contributed by atoms with Gasteiger partial charge in [-0.05, 0) is 18.1 Å². The third-order valence-corrected chi connectivity index (χ3v) is 2.51. The van der Waals surface area contributed by atoms with Gasteiger partial charge < -0.3 is 4.90 Å². The van der Waals surface area contributed by atoms with Gasteiger partial charge in [0.15, 0.2) is 0 Å². The molecule has 0 radical (unpaired) electrons. The summed E-state index contributed by atoms with van der Waals surface area (Å²) in [7, 11) is 2.07. The molecule has 78 valence electrons. The summed E-state index contributed by atoms with van der Waals surface area (Å²) in [5.41, 5.74) is 1.07. The lowest BCUT2D eigenvalue weighted by Crippen LogP contribution is -2.19. The smallest absolute Gasteiger partial charge is 0.128 e. The molecule has 1 heterocycles. The number of pyridine rings is 1. The molecule has 1 aromatic rings. The highest BCUT2D eigenvalue weighted by atomic mass is 35.5. The summed E-state index contributed by atoms with van der Waals surface area (Å²) >= 11 is 5.69. The van der Waals surface area contributed by atoms with E-state index in [-0.39, 0.29) is 0 Å². The fourth-order valence-corrected chi connectivity index (χ4v) is 1.39. The van der Waals surface area contributed by atoms with Crippen LogP contribution >= 0.6 is 11.6 Å². The van der Waals surface area contributed by atoms with Crippen molar-refractivity contribution in [3.8, 4) is 0 Å². The molecular formula is C11H17ClN2. The zero-order chi connectivity index (χ0) is 10.4. The summed E-state index contributed by atoms with van der Waals surface area (Å²) in [5.74, 6) is 1.55. The number of hydrogen-bond acceptors (Lipinski definition) is 2. The van der Waals surface area contributed by atoms with Crippen LogP contribution in [-0.4, -0.2) is 18.6 Å². The molecule has 0 amide bonds. The van der Waals surface area contributed by atoms with E-state index < -0.39 is 0 Å². The second-order valence-corrected chi connectivity index (χ2v) is 3.70. The minimum Gasteiger partial charge on any atom is -0.360 e. The summed E-state index contributed by atoms with van der Waals surface area (Å²) in [4.78, 5) is 6.51. The van der Waals surface area contributed by atoms with E-state index in [9.17, 15) is 0 Å². The highest BCUT2D eigenvalue weighted by Gasteiger charge is 2.00. The monoisotopic (exact) mass is 212 g/mol. The summed E-state index contributed by atoms with van der Waals surface area (Å²) < 4.78 is 0. The Morgan fingerprint density at radius 1 is 1.43 bits per heavy atom. The lowest BCUT2D eigenvalue weighted by Gasteiger charge is -2.17. The van der Waals surface area contributed by atoms with E-state index in [1.807, 2.05) is 18.3 Å². The summed E-state index contributed by atoms with van der Waals surface area (Å²) in [5, 5.41) is 0. The van der Waals surface area contributed by atoms with Crippen LogP contribution in [0, 0.1) is 0 Å². The molecule has 0 aromatic carbocycles. The van der Waals surface area contributed by atoms with Gasteiger partial charge in [0.25, 0.3) is 0 Å². The van der Waals surface area contributed by atoms with E-state index in [1.165, 1.54) is 12.8 Å². The van der Waals surface area contributed by atoms with Crippen molar-refractivity contribution >= 4 is 17.4 Å². The van der Waals surface area contributed by atoms with Crippen LogP contribution in [0.5, 0.6) is 0 Å². The molecule has 0 saturated heterocycles. The van der Waals surface area contributed by atoms with Gasteiger partial charge in [0.05, 0.1) is 0 Å². The zero-order valence-corrected chi connectivity index (χ0v) is 9.59. The van der Waals surface area contributed by atoms with Crippen molar-refractivity contribution in [2.45, 2.75) is 25.6 Å². The van der Waals surface area contributed by atoms with Crippen LogP contribution in [0.4, 0.5) is 5.82 Å². The summed E-state index contributed by atoms with van der Waals surface area (Å²) in [6.45, 7) is 3.25. The highest BCUT2D eigenvalue weighted by Crippen LogP contribution is 2.11.